The summed E-state index contributed by atoms with van der Waals surface area (Å²) in [5.41, 5.74) is 0. The molecule has 0 aliphatic heterocycles. The van der Waals surface area contributed by atoms with E-state index in [1.807, 2.05) is 0 Å². The van der Waals surface area contributed by atoms with Gasteiger partial charge in [-0.3, -0.25) is 0 Å². The quantitative estimate of drug-likeness (QED) is 0.400. The zero-order valence-electron chi connectivity index (χ0n) is 8.36. The summed E-state index contributed by atoms with van der Waals surface area (Å²) >= 11 is 0. The first-order valence-electron chi connectivity index (χ1n) is 4.14. The molecule has 1 nitrogen and oxygen atoms in total. The summed E-state index contributed by atoms with van der Waals surface area (Å²) < 4.78 is 162. The van der Waals surface area contributed by atoms with Gasteiger partial charge in [-0.25, -0.2) is 4.39 Å². The minimum Gasteiger partial charge on any atom is -0.206 e. The lowest BCUT2D eigenvalue weighted by atomic mass is 9.77. The molecule has 0 amide bonds. The molecule has 0 aromatic carbocycles. The summed E-state index contributed by atoms with van der Waals surface area (Å²) in [6.07, 6.45) is 0. The molecule has 0 N–H and O–H groups in total. The van der Waals surface area contributed by atoms with Crippen LogP contribution in [0.3, 0.4) is 0 Å². The Kier molecular flexibility index (Phi) is 3.10. The monoisotopic (exact) mass is 333 g/mol. The molecule has 0 saturated heterocycles. The third-order valence-corrected chi connectivity index (χ3v) is 2.64. The van der Waals surface area contributed by atoms with Crippen LogP contribution in [0.2, 0.25) is 0 Å². The Balaban J connectivity index is 3.83. The van der Waals surface area contributed by atoms with Crippen molar-refractivity contribution in [3.8, 4) is 0 Å². The van der Waals surface area contributed by atoms with Crippen molar-refractivity contribution in [3.63, 3.8) is 0 Å². The van der Waals surface area contributed by atoms with Gasteiger partial charge in [-0.15, -0.1) is 0 Å². The van der Waals surface area contributed by atoms with Gasteiger partial charge < -0.3 is 0 Å². The van der Waals surface area contributed by atoms with Crippen LogP contribution >= 0.6 is 0 Å². The van der Waals surface area contributed by atoms with E-state index in [4.69, 9.17) is 0 Å². The minimum atomic E-state index is -7.53. The topological polar surface area (TPSA) is 3.24 Å². The average Bonchev–Trinajstić information content (AvgIpc) is 2.24. The van der Waals surface area contributed by atoms with Crippen LogP contribution in [-0.4, -0.2) is 40.7 Å². The Hall–Kier alpha value is -0.950. The maximum absolute atomic E-state index is 13.0. The minimum absolute atomic E-state index is 3.98. The number of nitrogens with zero attached hydrogens (tertiary/aromatic N) is 1. The Bertz CT molecular complexity index is 381. The number of halogens is 13. The van der Waals surface area contributed by atoms with E-state index in [9.17, 15) is 57.3 Å². The van der Waals surface area contributed by atoms with E-state index < -0.39 is 40.7 Å². The van der Waals surface area contributed by atoms with Crippen LogP contribution in [0.4, 0.5) is 57.3 Å². The van der Waals surface area contributed by atoms with Crippen molar-refractivity contribution in [2.24, 2.45) is 0 Å². The molecular formula is C6F13N. The molecule has 1 aliphatic rings. The molecule has 14 heteroatoms. The normalized spacial score (nSPS) is 32.1. The molecule has 1 fully saturated rings. The van der Waals surface area contributed by atoms with Crippen LogP contribution in [0, 0.1) is 0 Å². The highest BCUT2D eigenvalue weighted by Crippen LogP contribution is 2.70. The first-order chi connectivity index (χ1) is 8.44. The average molecular weight is 333 g/mol. The third kappa shape index (κ3) is 1.26. The fourth-order valence-electron chi connectivity index (χ4n) is 1.42. The lowest BCUT2D eigenvalue weighted by Crippen LogP contribution is -2.85. The second kappa shape index (κ2) is 3.62. The van der Waals surface area contributed by atoms with Crippen LogP contribution in [0.25, 0.3) is 0 Å². The van der Waals surface area contributed by atoms with E-state index in [0.717, 1.165) is 0 Å². The molecule has 0 atom stereocenters. The first-order valence-corrected chi connectivity index (χ1v) is 4.14. The van der Waals surface area contributed by atoms with Gasteiger partial charge in [0.25, 0.3) is 0 Å². The zero-order valence-corrected chi connectivity index (χ0v) is 8.36. The zero-order chi connectivity index (χ0) is 16.6. The smallest absolute Gasteiger partial charge is 0.206 e. The second-order valence-corrected chi connectivity index (χ2v) is 3.73. The third-order valence-electron chi connectivity index (χ3n) is 2.64. The van der Waals surface area contributed by atoms with Gasteiger partial charge in [0.1, 0.15) is 0 Å². The molecule has 1 saturated carbocycles. The van der Waals surface area contributed by atoms with Crippen molar-refractivity contribution in [1.29, 1.82) is 0 Å². The molecule has 0 unspecified atom stereocenters. The Labute approximate surface area is 99.3 Å². The Morgan fingerprint density at radius 2 is 0.600 bits per heavy atom. The van der Waals surface area contributed by atoms with Gasteiger partial charge in [0.15, 0.2) is 0 Å². The second-order valence-electron chi connectivity index (χ2n) is 3.73. The van der Waals surface area contributed by atoms with Crippen LogP contribution in [0.1, 0.15) is 0 Å². The van der Waals surface area contributed by atoms with Crippen molar-refractivity contribution in [2.45, 2.75) is 35.4 Å². The van der Waals surface area contributed by atoms with Crippen molar-refractivity contribution in [1.82, 2.24) is 5.34 Å². The number of alkyl halides is 11. The van der Waals surface area contributed by atoms with Gasteiger partial charge in [-0.05, 0) is 0 Å². The molecule has 0 radical (unpaired) electrons. The van der Waals surface area contributed by atoms with Crippen LogP contribution in [0.15, 0.2) is 0 Å². The predicted molar refractivity (Wildman–Crippen MR) is 32.6 cm³/mol. The maximum atomic E-state index is 13.0. The van der Waals surface area contributed by atoms with E-state index in [1.54, 1.807) is 0 Å². The van der Waals surface area contributed by atoms with E-state index in [1.165, 1.54) is 0 Å². The number of hydrogen-bond acceptors (Lipinski definition) is 1. The molecular weight excluding hydrogens is 333 g/mol. The molecule has 0 aromatic rings. The van der Waals surface area contributed by atoms with Crippen molar-refractivity contribution < 1.29 is 57.3 Å². The molecule has 120 valence electrons. The van der Waals surface area contributed by atoms with Gasteiger partial charge in [0.05, 0.1) is 5.34 Å². The van der Waals surface area contributed by atoms with Crippen molar-refractivity contribution in [3.05, 3.63) is 0 Å². The highest BCUT2D eigenvalue weighted by atomic mass is 19.4. The maximum Gasteiger partial charge on any atom is 0.384 e. The molecule has 1 rings (SSSR count). The highest BCUT2D eigenvalue weighted by Gasteiger charge is 3.03. The summed E-state index contributed by atoms with van der Waals surface area (Å²) in [5.74, 6) is -44.9. The SMILES string of the molecule is FN(F)C1(F)C(F)(F)C(F)(F)C(F)(F)C(F)(F)C1(F)F. The van der Waals surface area contributed by atoms with Gasteiger partial charge in [0.2, 0.25) is 0 Å². The predicted octanol–water partition coefficient (Wildman–Crippen LogP) is 3.91. The van der Waals surface area contributed by atoms with Crippen LogP contribution < -0.4 is 0 Å². The van der Waals surface area contributed by atoms with Gasteiger partial charge in [-0.2, -0.15) is 43.9 Å². The lowest BCUT2D eigenvalue weighted by Gasteiger charge is -2.51. The van der Waals surface area contributed by atoms with Gasteiger partial charge >= 0.3 is 35.4 Å². The van der Waals surface area contributed by atoms with E-state index in [0.29, 0.717) is 0 Å². The highest BCUT2D eigenvalue weighted by molar-refractivity contribution is 5.24. The summed E-state index contributed by atoms with van der Waals surface area (Å²) in [7, 11) is 0. The summed E-state index contributed by atoms with van der Waals surface area (Å²) in [4.78, 5) is 0. The molecule has 0 spiro atoms. The van der Waals surface area contributed by atoms with E-state index >= 15 is 0 Å². The van der Waals surface area contributed by atoms with Crippen LogP contribution in [0.5, 0.6) is 0 Å². The largest absolute Gasteiger partial charge is 0.384 e. The van der Waals surface area contributed by atoms with Crippen LogP contribution in [-0.2, 0) is 0 Å². The van der Waals surface area contributed by atoms with E-state index in [2.05, 4.69) is 0 Å². The summed E-state index contributed by atoms with van der Waals surface area (Å²) in [6.45, 7) is 0. The Morgan fingerprint density at radius 3 is 0.800 bits per heavy atom. The molecule has 0 heterocycles. The number of rotatable bonds is 1. The molecule has 0 aromatic heterocycles. The van der Waals surface area contributed by atoms with Crippen molar-refractivity contribution in [2.75, 3.05) is 0 Å². The fraction of sp³-hybridized carbons (Fsp3) is 1.00. The van der Waals surface area contributed by atoms with Gasteiger partial charge in [0, 0.05) is 0 Å². The molecule has 1 aliphatic carbocycles. The molecule has 0 bridgehead atoms. The number of hydrogen-bond donors (Lipinski definition) is 0. The lowest BCUT2D eigenvalue weighted by molar-refractivity contribution is -0.533. The first kappa shape index (κ1) is 17.1. The summed E-state index contributed by atoms with van der Waals surface area (Å²) in [6, 6.07) is 0. The molecule has 20 heavy (non-hydrogen) atoms. The fourth-order valence-corrected chi connectivity index (χ4v) is 1.42. The Morgan fingerprint density at radius 1 is 0.400 bits per heavy atom. The van der Waals surface area contributed by atoms with Gasteiger partial charge in [-0.1, -0.05) is 8.96 Å². The van der Waals surface area contributed by atoms with Crippen molar-refractivity contribution >= 4 is 0 Å². The van der Waals surface area contributed by atoms with E-state index in [-0.39, 0.29) is 0 Å². The summed E-state index contributed by atoms with van der Waals surface area (Å²) in [5, 5.41) is -3.98. The standard InChI is InChI=1S/C6F13N/c7-1(8)2(9,10)4(13,14)6(17,20(18)19)5(15,16)3(1,11)12.